The quantitative estimate of drug-likeness (QED) is 0.638. The SMILES string of the molecule is [B]c1ccc(OC(C)(CO)CO)cc1. The number of hydrogen-bond donors (Lipinski definition) is 2. The minimum Gasteiger partial charge on any atom is -0.483 e. The van der Waals surface area contributed by atoms with Crippen LogP contribution in [0.3, 0.4) is 0 Å². The van der Waals surface area contributed by atoms with Crippen LogP contribution in [-0.2, 0) is 0 Å². The Balaban J connectivity index is 2.72. The second-order valence-corrected chi connectivity index (χ2v) is 3.44. The molecule has 1 rings (SSSR count). The summed E-state index contributed by atoms with van der Waals surface area (Å²) in [7, 11) is 5.50. The van der Waals surface area contributed by atoms with E-state index in [2.05, 4.69) is 0 Å². The van der Waals surface area contributed by atoms with Crippen LogP contribution in [0.2, 0.25) is 0 Å². The second kappa shape index (κ2) is 4.48. The molecule has 0 fully saturated rings. The molecule has 14 heavy (non-hydrogen) atoms. The molecular formula is C10H13BO3. The first-order valence-corrected chi connectivity index (χ1v) is 4.36. The first kappa shape index (κ1) is 11.1. The van der Waals surface area contributed by atoms with E-state index in [4.69, 9.17) is 22.8 Å². The minimum atomic E-state index is -0.948. The van der Waals surface area contributed by atoms with Crippen LogP contribution in [0.4, 0.5) is 0 Å². The minimum absolute atomic E-state index is 0.242. The molecule has 0 unspecified atom stereocenters. The summed E-state index contributed by atoms with van der Waals surface area (Å²) in [4.78, 5) is 0. The molecule has 1 aromatic carbocycles. The number of benzene rings is 1. The third-order valence-corrected chi connectivity index (χ3v) is 1.91. The van der Waals surface area contributed by atoms with E-state index in [0.29, 0.717) is 11.2 Å². The summed E-state index contributed by atoms with van der Waals surface area (Å²) in [5.74, 6) is 0.574. The Morgan fingerprint density at radius 3 is 2.14 bits per heavy atom. The normalized spacial score (nSPS) is 11.4. The second-order valence-electron chi connectivity index (χ2n) is 3.44. The molecule has 74 valence electrons. The molecule has 0 aromatic heterocycles. The molecule has 0 bridgehead atoms. The van der Waals surface area contributed by atoms with Crippen molar-refractivity contribution in [2.45, 2.75) is 12.5 Å². The maximum atomic E-state index is 8.99. The lowest BCUT2D eigenvalue weighted by molar-refractivity contribution is -0.0194. The predicted molar refractivity (Wildman–Crippen MR) is 55.0 cm³/mol. The van der Waals surface area contributed by atoms with Crippen molar-refractivity contribution in [2.75, 3.05) is 13.2 Å². The average Bonchev–Trinajstić information content (AvgIpc) is 2.21. The molecule has 3 nitrogen and oxygen atoms in total. The first-order valence-electron chi connectivity index (χ1n) is 4.36. The Labute approximate surface area is 84.7 Å². The molecule has 2 N–H and O–H groups in total. The van der Waals surface area contributed by atoms with Crippen molar-refractivity contribution in [2.24, 2.45) is 0 Å². The highest BCUT2D eigenvalue weighted by atomic mass is 16.5. The van der Waals surface area contributed by atoms with E-state index < -0.39 is 5.60 Å². The average molecular weight is 192 g/mol. The fourth-order valence-corrected chi connectivity index (χ4v) is 0.935. The lowest BCUT2D eigenvalue weighted by Crippen LogP contribution is -2.40. The molecule has 0 aliphatic carbocycles. The van der Waals surface area contributed by atoms with Crippen molar-refractivity contribution in [3.8, 4) is 5.75 Å². The summed E-state index contributed by atoms with van der Waals surface area (Å²) >= 11 is 0. The Hall–Kier alpha value is -0.995. The molecule has 0 amide bonds. The number of ether oxygens (including phenoxy) is 1. The van der Waals surface area contributed by atoms with Crippen LogP contribution >= 0.6 is 0 Å². The van der Waals surface area contributed by atoms with Gasteiger partial charge < -0.3 is 14.9 Å². The molecule has 4 heteroatoms. The van der Waals surface area contributed by atoms with Crippen LogP contribution < -0.4 is 10.2 Å². The number of hydrogen-bond acceptors (Lipinski definition) is 3. The van der Waals surface area contributed by atoms with Crippen molar-refractivity contribution in [3.05, 3.63) is 24.3 Å². The fraction of sp³-hybridized carbons (Fsp3) is 0.400. The fourth-order valence-electron chi connectivity index (χ4n) is 0.935. The van der Waals surface area contributed by atoms with Crippen LogP contribution in [0.15, 0.2) is 24.3 Å². The van der Waals surface area contributed by atoms with Gasteiger partial charge in [-0.2, -0.15) is 0 Å². The van der Waals surface area contributed by atoms with E-state index in [1.165, 1.54) is 0 Å². The molecule has 0 atom stereocenters. The van der Waals surface area contributed by atoms with Crippen LogP contribution in [0.5, 0.6) is 5.75 Å². The monoisotopic (exact) mass is 192 g/mol. The summed E-state index contributed by atoms with van der Waals surface area (Å²) in [5.41, 5.74) is -0.303. The van der Waals surface area contributed by atoms with E-state index in [1.54, 1.807) is 31.2 Å². The van der Waals surface area contributed by atoms with Crippen LogP contribution in [0.25, 0.3) is 0 Å². The van der Waals surface area contributed by atoms with Gasteiger partial charge in [-0.15, -0.1) is 0 Å². The van der Waals surface area contributed by atoms with Crippen LogP contribution in [0.1, 0.15) is 6.92 Å². The van der Waals surface area contributed by atoms with Gasteiger partial charge >= 0.3 is 0 Å². The van der Waals surface area contributed by atoms with Gasteiger partial charge in [0.05, 0.1) is 13.2 Å². The first-order chi connectivity index (χ1) is 6.59. The van der Waals surface area contributed by atoms with Gasteiger partial charge in [0.15, 0.2) is 5.60 Å². The Kier molecular flexibility index (Phi) is 3.55. The van der Waals surface area contributed by atoms with Crippen molar-refractivity contribution in [3.63, 3.8) is 0 Å². The molecule has 0 aliphatic heterocycles. The summed E-state index contributed by atoms with van der Waals surface area (Å²) in [6, 6.07) is 6.78. The topological polar surface area (TPSA) is 49.7 Å². The summed E-state index contributed by atoms with van der Waals surface area (Å²) < 4.78 is 5.40. The van der Waals surface area contributed by atoms with Crippen molar-refractivity contribution >= 4 is 13.3 Å². The van der Waals surface area contributed by atoms with E-state index in [0.717, 1.165) is 0 Å². The van der Waals surface area contributed by atoms with Crippen LogP contribution in [-0.4, -0.2) is 36.9 Å². The molecule has 0 spiro atoms. The number of aliphatic hydroxyl groups excluding tert-OH is 2. The van der Waals surface area contributed by atoms with E-state index in [-0.39, 0.29) is 13.2 Å². The zero-order valence-electron chi connectivity index (χ0n) is 8.10. The molecule has 0 aliphatic rings. The van der Waals surface area contributed by atoms with E-state index in [9.17, 15) is 0 Å². The lowest BCUT2D eigenvalue weighted by Gasteiger charge is -2.26. The molecular weight excluding hydrogens is 179 g/mol. The molecule has 1 aromatic rings. The molecule has 0 saturated heterocycles. The zero-order chi connectivity index (χ0) is 10.6. The maximum Gasteiger partial charge on any atom is 0.152 e. The van der Waals surface area contributed by atoms with Gasteiger partial charge in [-0.1, -0.05) is 17.6 Å². The molecule has 0 heterocycles. The van der Waals surface area contributed by atoms with Gasteiger partial charge in [0, 0.05) is 0 Å². The van der Waals surface area contributed by atoms with Gasteiger partial charge in [0.2, 0.25) is 0 Å². The largest absolute Gasteiger partial charge is 0.483 e. The maximum absolute atomic E-state index is 8.99. The number of aliphatic hydroxyl groups is 2. The Morgan fingerprint density at radius 1 is 1.21 bits per heavy atom. The Bertz CT molecular complexity index is 280. The summed E-state index contributed by atoms with van der Waals surface area (Å²) in [5, 5.41) is 18.0. The summed E-state index contributed by atoms with van der Waals surface area (Å²) in [6.07, 6.45) is 0. The molecule has 2 radical (unpaired) electrons. The highest BCUT2D eigenvalue weighted by Gasteiger charge is 2.24. The van der Waals surface area contributed by atoms with E-state index in [1.807, 2.05) is 0 Å². The van der Waals surface area contributed by atoms with Gasteiger partial charge in [0.1, 0.15) is 13.6 Å². The van der Waals surface area contributed by atoms with Crippen molar-refractivity contribution in [1.82, 2.24) is 0 Å². The summed E-state index contributed by atoms with van der Waals surface area (Å²) in [6.45, 7) is 1.14. The van der Waals surface area contributed by atoms with Gasteiger partial charge in [-0.3, -0.25) is 0 Å². The van der Waals surface area contributed by atoms with Crippen molar-refractivity contribution in [1.29, 1.82) is 0 Å². The van der Waals surface area contributed by atoms with Gasteiger partial charge in [0.25, 0.3) is 0 Å². The number of rotatable bonds is 4. The van der Waals surface area contributed by atoms with Gasteiger partial charge in [-0.25, -0.2) is 0 Å². The third kappa shape index (κ3) is 2.75. The Morgan fingerprint density at radius 2 is 1.71 bits per heavy atom. The zero-order valence-corrected chi connectivity index (χ0v) is 8.10. The van der Waals surface area contributed by atoms with Gasteiger partial charge in [-0.05, 0) is 19.1 Å². The van der Waals surface area contributed by atoms with Crippen LogP contribution in [0, 0.1) is 0 Å². The standard InChI is InChI=1S/C10H13BO3/c1-10(6-12,7-13)14-9-4-2-8(11)3-5-9/h2-5,12-13H,6-7H2,1H3. The highest BCUT2D eigenvalue weighted by Crippen LogP contribution is 2.16. The van der Waals surface area contributed by atoms with Crippen molar-refractivity contribution < 1.29 is 14.9 Å². The predicted octanol–water partition coefficient (Wildman–Crippen LogP) is -0.398. The highest BCUT2D eigenvalue weighted by molar-refractivity contribution is 6.32. The van der Waals surface area contributed by atoms with E-state index >= 15 is 0 Å². The third-order valence-electron chi connectivity index (χ3n) is 1.91. The molecule has 0 saturated carbocycles. The lowest BCUT2D eigenvalue weighted by atomic mass is 9.96. The smallest absolute Gasteiger partial charge is 0.152 e.